The lowest BCUT2D eigenvalue weighted by Crippen LogP contribution is -2.29. The summed E-state index contributed by atoms with van der Waals surface area (Å²) in [6.45, 7) is 9.33. The van der Waals surface area contributed by atoms with E-state index >= 15 is 0 Å². The van der Waals surface area contributed by atoms with Crippen LogP contribution < -0.4 is 44.4 Å². The highest BCUT2D eigenvalue weighted by Crippen LogP contribution is 2.56. The minimum Gasteiger partial charge on any atom is -0.454 e. The molecule has 9 unspecified atom stereocenters. The van der Waals surface area contributed by atoms with Gasteiger partial charge in [-0.05, 0) is 155 Å². The second-order valence-electron chi connectivity index (χ2n) is 22.1. The number of ketones is 1. The van der Waals surface area contributed by atoms with E-state index in [1.807, 2.05) is 36.4 Å². The highest BCUT2D eigenvalue weighted by Gasteiger charge is 2.42. The predicted molar refractivity (Wildman–Crippen MR) is 308 cm³/mol. The molecule has 3 N–H and O–H groups in total. The van der Waals surface area contributed by atoms with Crippen molar-refractivity contribution >= 4 is 70.6 Å². The van der Waals surface area contributed by atoms with Gasteiger partial charge in [-0.1, -0.05) is 135 Å². The lowest BCUT2D eigenvalue weighted by Gasteiger charge is -2.38. The molecule has 0 radical (unpaired) electrons. The fourth-order valence-corrected chi connectivity index (χ4v) is 14.6. The number of benzene rings is 6. The van der Waals surface area contributed by atoms with Gasteiger partial charge in [0.2, 0.25) is 20.4 Å². The number of para-hydroxylation sites is 1. The van der Waals surface area contributed by atoms with Crippen molar-refractivity contribution in [2.45, 2.75) is 88.3 Å². The lowest BCUT2D eigenvalue weighted by molar-refractivity contribution is 0.101. The Kier molecular flexibility index (Phi) is 12.8. The molecular weight excluding hydrogens is 1150 g/mol. The third kappa shape index (κ3) is 8.87. The molecule has 76 heavy (non-hydrogen) atoms. The molecule has 6 aromatic carbocycles. The van der Waals surface area contributed by atoms with Crippen LogP contribution in [0, 0.1) is 17.8 Å². The molecule has 10 nitrogen and oxygen atoms in total. The molecule has 6 heterocycles. The van der Waals surface area contributed by atoms with Crippen molar-refractivity contribution in [3.63, 3.8) is 0 Å². The van der Waals surface area contributed by atoms with Crippen molar-refractivity contribution in [3.8, 4) is 34.5 Å². The van der Waals surface area contributed by atoms with Crippen LogP contribution in [0.15, 0.2) is 147 Å². The van der Waals surface area contributed by atoms with Gasteiger partial charge in [-0.2, -0.15) is 0 Å². The summed E-state index contributed by atoms with van der Waals surface area (Å²) in [6.07, 6.45) is 17.1. The summed E-state index contributed by atoms with van der Waals surface area (Å²) >= 11 is 11.2. The molecule has 6 aliphatic heterocycles. The van der Waals surface area contributed by atoms with Gasteiger partial charge in [0.15, 0.2) is 40.3 Å². The number of rotatable bonds is 4. The maximum absolute atomic E-state index is 11.8. The minimum atomic E-state index is 0.104. The molecule has 6 aromatic rings. The minimum absolute atomic E-state index is 0.104. The fourth-order valence-electron chi connectivity index (χ4n) is 12.9. The van der Waals surface area contributed by atoms with Gasteiger partial charge in [0.05, 0.1) is 18.1 Å². The molecule has 0 saturated heterocycles. The number of halogens is 3. The smallest absolute Gasteiger partial charge is 0.231 e. The summed E-state index contributed by atoms with van der Waals surface area (Å²) in [6, 6.07) is 34.6. The molecule has 0 saturated carbocycles. The molecule has 3 aliphatic carbocycles. The highest BCUT2D eigenvalue weighted by atomic mass is 79.9. The van der Waals surface area contributed by atoms with Crippen molar-refractivity contribution in [2.75, 3.05) is 36.3 Å². The van der Waals surface area contributed by atoms with Gasteiger partial charge in [-0.25, -0.2) is 0 Å². The monoisotopic (exact) mass is 1210 g/mol. The summed E-state index contributed by atoms with van der Waals surface area (Å²) in [4.78, 5) is 11.8. The Morgan fingerprint density at radius 1 is 0.461 bits per heavy atom. The van der Waals surface area contributed by atoms with Crippen LogP contribution in [-0.2, 0) is 5.41 Å². The summed E-state index contributed by atoms with van der Waals surface area (Å²) in [5, 5.41) is 11.3. The van der Waals surface area contributed by atoms with Crippen LogP contribution in [0.3, 0.4) is 0 Å². The van der Waals surface area contributed by atoms with E-state index in [1.165, 1.54) is 50.3 Å². The number of fused-ring (bicyclic) bond motifs is 12. The Morgan fingerprint density at radius 3 is 1.28 bits per heavy atom. The molecule has 13 heteroatoms. The van der Waals surface area contributed by atoms with Crippen molar-refractivity contribution < 1.29 is 33.2 Å². The first-order valence-corrected chi connectivity index (χ1v) is 28.7. The molecule has 15 rings (SSSR count). The zero-order valence-electron chi connectivity index (χ0n) is 42.6. The van der Waals surface area contributed by atoms with Crippen molar-refractivity contribution in [1.82, 2.24) is 0 Å². The van der Waals surface area contributed by atoms with E-state index in [0.29, 0.717) is 49.1 Å². The normalized spacial score (nSPS) is 25.4. The standard InChI is InChI=1S/C23H24BrNO2.C21H18BrNO3.C19H16BrNO2/c1-23(2,3)13-7-8-19-16(9-13)14-5-4-6-15(14)22(25-19)17-10-20-21(11-18(17)24)27-12-26-20;1-11(24)12-5-6-18-15(7-12)13-3-2-4-14(13)21(23-18)16-8-19-20(9-17(16)22)26-10-25-19;20-15-9-18-17(22-10-23-18)8-14(15)19-13-6-3-5-11(13)12-4-1-2-7-16(12)21-19/h4-5,7-11,14-15,22,25H,6,12H2,1-3H3;2-3,5-9,13-14,21,23H,4,10H2,1H3;1-5,7-9,11,13,19,21H,6,10H2. The van der Waals surface area contributed by atoms with E-state index in [0.717, 1.165) is 78.4 Å². The SMILES string of the molecule is Brc1cc2c(cc1C1Nc3ccccc3C3C=CCC31)OCO2.CC(=O)c1ccc2c(c1)C1C=CCC1C(c1cc3c(cc1Br)OCO3)N2.CC(C)(C)c1ccc2c(c1)C1C=CCC1C(c1cc3c(cc1Br)OCO3)N2. The number of hydrogen-bond acceptors (Lipinski definition) is 10. The van der Waals surface area contributed by atoms with E-state index in [1.54, 1.807) is 6.92 Å². The first-order chi connectivity index (χ1) is 36.8. The zero-order chi connectivity index (χ0) is 52.0. The number of allylic oxidation sites excluding steroid dienone is 6. The van der Waals surface area contributed by atoms with Crippen LogP contribution in [0.5, 0.6) is 34.5 Å². The Labute approximate surface area is 469 Å². The Bertz CT molecular complexity index is 3420. The Hall–Kier alpha value is -6.15. The van der Waals surface area contributed by atoms with Crippen LogP contribution in [-0.4, -0.2) is 26.2 Å². The summed E-state index contributed by atoms with van der Waals surface area (Å²) in [5.74, 6) is 7.68. The molecule has 0 bridgehead atoms. The fraction of sp³-hybridized carbons (Fsp3) is 0.317. The van der Waals surface area contributed by atoms with Crippen molar-refractivity contribution in [1.29, 1.82) is 0 Å². The molecule has 9 aliphatic rings. The maximum Gasteiger partial charge on any atom is 0.231 e. The van der Waals surface area contributed by atoms with Gasteiger partial charge in [0.1, 0.15) is 0 Å². The number of carbonyl (C=O) groups excluding carboxylic acids is 1. The Morgan fingerprint density at radius 2 is 0.842 bits per heavy atom. The van der Waals surface area contributed by atoms with Crippen molar-refractivity contribution in [3.05, 3.63) is 191 Å². The second kappa shape index (κ2) is 19.7. The van der Waals surface area contributed by atoms with Crippen LogP contribution in [0.25, 0.3) is 0 Å². The molecule has 0 spiro atoms. The highest BCUT2D eigenvalue weighted by molar-refractivity contribution is 9.11. The van der Waals surface area contributed by atoms with Crippen LogP contribution in [0.2, 0.25) is 0 Å². The van der Waals surface area contributed by atoms with Crippen molar-refractivity contribution in [2.24, 2.45) is 17.8 Å². The third-order valence-electron chi connectivity index (χ3n) is 16.8. The molecule has 0 amide bonds. The lowest BCUT2D eigenvalue weighted by atomic mass is 9.75. The number of Topliss-reactive ketones (excluding diaryl/α,β-unsaturated/α-hetero) is 1. The number of carbonyl (C=O) groups is 1. The topological polar surface area (TPSA) is 109 Å². The number of ether oxygens (including phenoxy) is 6. The molecule has 0 aromatic heterocycles. The predicted octanol–water partition coefficient (Wildman–Crippen LogP) is 16.5. The average Bonchev–Trinajstić information content (AvgIpc) is 4.35. The summed E-state index contributed by atoms with van der Waals surface area (Å²) in [7, 11) is 0. The number of nitrogens with one attached hydrogen (secondary N) is 3. The van der Waals surface area contributed by atoms with Gasteiger partial charge >= 0.3 is 0 Å². The van der Waals surface area contributed by atoms with Gasteiger partial charge in [-0.3, -0.25) is 4.79 Å². The van der Waals surface area contributed by atoms with Crippen LogP contribution in [0.4, 0.5) is 17.1 Å². The second-order valence-corrected chi connectivity index (χ2v) is 24.7. The van der Waals surface area contributed by atoms with Gasteiger partial charge in [0, 0.05) is 53.8 Å². The maximum atomic E-state index is 11.8. The van der Waals surface area contributed by atoms with Gasteiger partial charge < -0.3 is 44.4 Å². The average molecular weight is 1210 g/mol. The first kappa shape index (κ1) is 49.4. The van der Waals surface area contributed by atoms with Gasteiger partial charge in [-0.15, -0.1) is 0 Å². The largest absolute Gasteiger partial charge is 0.454 e. The molecular formula is C63H58Br3N3O7. The van der Waals surface area contributed by atoms with Crippen LogP contribution in [0.1, 0.15) is 132 Å². The summed E-state index contributed by atoms with van der Waals surface area (Å²) < 4.78 is 36.5. The van der Waals surface area contributed by atoms with Crippen LogP contribution >= 0.6 is 47.8 Å². The number of hydrogen-bond donors (Lipinski definition) is 3. The van der Waals surface area contributed by atoms with Gasteiger partial charge in [0.25, 0.3) is 0 Å². The van der Waals surface area contributed by atoms with E-state index < -0.39 is 0 Å². The third-order valence-corrected chi connectivity index (χ3v) is 18.8. The molecule has 0 fully saturated rings. The summed E-state index contributed by atoms with van der Waals surface area (Å²) in [5.41, 5.74) is 13.6. The Balaban J connectivity index is 0.000000110. The zero-order valence-corrected chi connectivity index (χ0v) is 47.4. The quantitative estimate of drug-likeness (QED) is 0.117. The van der Waals surface area contributed by atoms with E-state index in [4.69, 9.17) is 28.4 Å². The molecule has 9 atom stereocenters. The van der Waals surface area contributed by atoms with E-state index in [2.05, 4.69) is 182 Å². The van der Waals surface area contributed by atoms with E-state index in [-0.39, 0.29) is 36.1 Å². The number of anilines is 3. The molecule has 388 valence electrons. The first-order valence-electron chi connectivity index (χ1n) is 26.3. The van der Waals surface area contributed by atoms with E-state index in [9.17, 15) is 4.79 Å².